The number of imide groups is 1. The minimum Gasteiger partial charge on any atom is -0.349 e. The molecule has 158 valence electrons. The molecule has 29 heavy (non-hydrogen) atoms. The number of amides is 5. The quantitative estimate of drug-likeness (QED) is 0.396. The third kappa shape index (κ3) is 6.28. The molecule has 1 heterocycles. The lowest BCUT2D eigenvalue weighted by atomic mass is 9.93. The van der Waals surface area contributed by atoms with Gasteiger partial charge in [-0.15, -0.1) is 0 Å². The molecule has 9 nitrogen and oxygen atoms in total. The van der Waals surface area contributed by atoms with Crippen molar-refractivity contribution in [3.63, 3.8) is 0 Å². The second-order valence-corrected chi connectivity index (χ2v) is 7.96. The van der Waals surface area contributed by atoms with Crippen molar-refractivity contribution in [2.24, 2.45) is 0 Å². The van der Waals surface area contributed by atoms with Gasteiger partial charge >= 0.3 is 6.03 Å². The third-order valence-corrected chi connectivity index (χ3v) is 4.63. The summed E-state index contributed by atoms with van der Waals surface area (Å²) in [5, 5.41) is 6.15. The first-order valence-electron chi connectivity index (χ1n) is 9.71. The highest BCUT2D eigenvalue weighted by Gasteiger charge is 2.48. The van der Waals surface area contributed by atoms with Crippen LogP contribution in [0.2, 0.25) is 0 Å². The second kappa shape index (κ2) is 9.51. The van der Waals surface area contributed by atoms with Crippen molar-refractivity contribution in [3.8, 4) is 0 Å². The zero-order valence-corrected chi connectivity index (χ0v) is 17.4. The van der Waals surface area contributed by atoms with Crippen LogP contribution in [0.3, 0.4) is 0 Å². The van der Waals surface area contributed by atoms with Crippen LogP contribution < -0.4 is 21.0 Å². The average molecular weight is 404 g/mol. The summed E-state index contributed by atoms with van der Waals surface area (Å²) in [6.45, 7) is 5.42. The van der Waals surface area contributed by atoms with Crippen LogP contribution in [-0.4, -0.2) is 60.5 Å². The highest BCUT2D eigenvalue weighted by molar-refractivity contribution is 6.07. The van der Waals surface area contributed by atoms with Crippen LogP contribution in [0, 0.1) is 0 Å². The van der Waals surface area contributed by atoms with Crippen molar-refractivity contribution in [2.45, 2.75) is 45.2 Å². The summed E-state index contributed by atoms with van der Waals surface area (Å²) < 4.78 is 0. The van der Waals surface area contributed by atoms with Gasteiger partial charge in [0.15, 0.2) is 13.1 Å². The number of nitrogens with one attached hydrogen (secondary N) is 4. The smallest absolute Gasteiger partial charge is 0.344 e. The maximum Gasteiger partial charge on any atom is 0.344 e. The summed E-state index contributed by atoms with van der Waals surface area (Å²) >= 11 is 0. The van der Waals surface area contributed by atoms with Gasteiger partial charge < -0.3 is 15.5 Å². The fourth-order valence-corrected chi connectivity index (χ4v) is 3.14. The second-order valence-electron chi connectivity index (χ2n) is 7.96. The molecule has 5 amide bonds. The number of quaternary nitrogens is 1. The Morgan fingerprint density at radius 3 is 2.38 bits per heavy atom. The van der Waals surface area contributed by atoms with Crippen LogP contribution in [0.5, 0.6) is 0 Å². The van der Waals surface area contributed by atoms with Gasteiger partial charge in [-0.3, -0.25) is 19.8 Å². The molecule has 1 unspecified atom stereocenters. The van der Waals surface area contributed by atoms with Crippen LogP contribution in [-0.2, 0) is 20.8 Å². The van der Waals surface area contributed by atoms with Crippen molar-refractivity contribution in [1.29, 1.82) is 0 Å². The Morgan fingerprint density at radius 1 is 1.14 bits per heavy atom. The molecule has 0 radical (unpaired) electrons. The summed E-state index contributed by atoms with van der Waals surface area (Å²) in [6, 6.07) is 9.02. The Kier molecular flexibility index (Phi) is 7.33. The van der Waals surface area contributed by atoms with E-state index < -0.39 is 23.4 Å². The molecule has 1 aromatic rings. The van der Waals surface area contributed by atoms with E-state index in [1.54, 1.807) is 14.0 Å². The molecule has 1 aliphatic rings. The molecule has 0 saturated carbocycles. The molecule has 4 N–H and O–H groups in total. The minimum atomic E-state index is -1.09. The first kappa shape index (κ1) is 22.4. The molecule has 2 atom stereocenters. The van der Waals surface area contributed by atoms with Gasteiger partial charge in [0.25, 0.3) is 17.7 Å². The fraction of sp³-hybridized carbons (Fsp3) is 0.500. The highest BCUT2D eigenvalue weighted by atomic mass is 16.2. The SMILES string of the molecule is CC(C)NC(=O)C[NH+](C)CC(=O)NN1C(=O)N[C@@](C)(CCc2ccccc2)C1=O. The van der Waals surface area contributed by atoms with Gasteiger partial charge in [-0.2, -0.15) is 5.01 Å². The Labute approximate surface area is 170 Å². The zero-order valence-electron chi connectivity index (χ0n) is 17.4. The van der Waals surface area contributed by atoms with E-state index in [1.807, 2.05) is 44.2 Å². The standard InChI is InChI=1S/C20H29N5O4/c1-14(2)21-16(26)12-24(4)13-17(27)23-25-18(28)20(3,22-19(25)29)11-10-15-8-6-5-7-9-15/h5-9,14H,10-13H2,1-4H3,(H,21,26)(H,22,29)(H,23,27)/p+1/t20-/m0/s1. The molecule has 9 heteroatoms. The molecule has 1 fully saturated rings. The Bertz CT molecular complexity index is 767. The molecular weight excluding hydrogens is 374 g/mol. The van der Waals surface area contributed by atoms with E-state index in [0.29, 0.717) is 17.7 Å². The van der Waals surface area contributed by atoms with Crippen molar-refractivity contribution in [1.82, 2.24) is 21.1 Å². The number of carbonyl (C=O) groups excluding carboxylic acids is 4. The third-order valence-electron chi connectivity index (χ3n) is 4.63. The molecule has 1 aliphatic heterocycles. The lowest BCUT2D eigenvalue weighted by Crippen LogP contribution is -3.11. The molecule has 1 aromatic carbocycles. The molecule has 0 bridgehead atoms. The summed E-state index contributed by atoms with van der Waals surface area (Å²) in [5.41, 5.74) is 2.33. The number of urea groups is 1. The van der Waals surface area contributed by atoms with E-state index in [0.717, 1.165) is 10.6 Å². The molecule has 2 rings (SSSR count). The van der Waals surface area contributed by atoms with Gasteiger partial charge in [0.2, 0.25) is 0 Å². The Morgan fingerprint density at radius 2 is 1.76 bits per heavy atom. The van der Waals surface area contributed by atoms with E-state index in [4.69, 9.17) is 0 Å². The van der Waals surface area contributed by atoms with Crippen molar-refractivity contribution in [2.75, 3.05) is 20.1 Å². The fourth-order valence-electron chi connectivity index (χ4n) is 3.14. The lowest BCUT2D eigenvalue weighted by molar-refractivity contribution is -0.862. The number of hydrazine groups is 1. The number of hydrogen-bond acceptors (Lipinski definition) is 4. The maximum absolute atomic E-state index is 12.7. The van der Waals surface area contributed by atoms with Crippen molar-refractivity contribution >= 4 is 23.8 Å². The van der Waals surface area contributed by atoms with Crippen molar-refractivity contribution < 1.29 is 24.1 Å². The number of nitrogens with zero attached hydrogens (tertiary/aromatic N) is 1. The number of benzene rings is 1. The van der Waals surface area contributed by atoms with Crippen LogP contribution >= 0.6 is 0 Å². The Balaban J connectivity index is 1.88. The summed E-state index contributed by atoms with van der Waals surface area (Å²) in [7, 11) is 1.69. The number of aryl methyl sites for hydroxylation is 1. The Hall–Kier alpha value is -2.94. The highest BCUT2D eigenvalue weighted by Crippen LogP contribution is 2.22. The number of hydrogen-bond donors (Lipinski definition) is 4. The maximum atomic E-state index is 12.7. The van der Waals surface area contributed by atoms with E-state index in [1.165, 1.54) is 0 Å². The minimum absolute atomic E-state index is 0.0172. The lowest BCUT2D eigenvalue weighted by Gasteiger charge is -2.22. The van der Waals surface area contributed by atoms with Gasteiger partial charge in [0.1, 0.15) is 5.54 Å². The van der Waals surface area contributed by atoms with Gasteiger partial charge in [-0.25, -0.2) is 4.79 Å². The summed E-state index contributed by atoms with van der Waals surface area (Å²) in [5.74, 6) is -1.19. The van der Waals surface area contributed by atoms with E-state index in [9.17, 15) is 19.2 Å². The number of likely N-dealkylation sites (N-methyl/N-ethyl adjacent to an activating group) is 1. The largest absolute Gasteiger partial charge is 0.349 e. The first-order chi connectivity index (χ1) is 13.6. The predicted molar refractivity (Wildman–Crippen MR) is 107 cm³/mol. The molecule has 1 saturated heterocycles. The molecule has 0 spiro atoms. The zero-order chi connectivity index (χ0) is 21.6. The van der Waals surface area contributed by atoms with E-state index >= 15 is 0 Å². The van der Waals surface area contributed by atoms with E-state index in [-0.39, 0.29) is 25.0 Å². The van der Waals surface area contributed by atoms with E-state index in [2.05, 4.69) is 16.1 Å². The van der Waals surface area contributed by atoms with Crippen molar-refractivity contribution in [3.05, 3.63) is 35.9 Å². The molecular formula is C20H30N5O4+. The van der Waals surface area contributed by atoms with Crippen LogP contribution in [0.4, 0.5) is 4.79 Å². The number of rotatable bonds is 9. The average Bonchev–Trinajstić information content (AvgIpc) is 2.83. The van der Waals surface area contributed by atoms with Gasteiger partial charge in [-0.05, 0) is 39.2 Å². The summed E-state index contributed by atoms with van der Waals surface area (Å²) in [4.78, 5) is 49.6. The number of carbonyl (C=O) groups is 4. The predicted octanol–water partition coefficient (Wildman–Crippen LogP) is -1.000. The summed E-state index contributed by atoms with van der Waals surface area (Å²) in [6.07, 6.45) is 1.03. The van der Waals surface area contributed by atoms with Crippen LogP contribution in [0.1, 0.15) is 32.8 Å². The molecule has 0 aliphatic carbocycles. The first-order valence-corrected chi connectivity index (χ1v) is 9.71. The van der Waals surface area contributed by atoms with Crippen LogP contribution in [0.15, 0.2) is 30.3 Å². The topological polar surface area (TPSA) is 112 Å². The van der Waals surface area contributed by atoms with Gasteiger partial charge in [0, 0.05) is 6.04 Å². The monoisotopic (exact) mass is 404 g/mol. The normalized spacial score (nSPS) is 19.8. The van der Waals surface area contributed by atoms with Gasteiger partial charge in [-0.1, -0.05) is 30.3 Å². The van der Waals surface area contributed by atoms with Crippen LogP contribution in [0.25, 0.3) is 0 Å². The van der Waals surface area contributed by atoms with Gasteiger partial charge in [0.05, 0.1) is 7.05 Å². The molecule has 0 aromatic heterocycles.